The Morgan fingerprint density at radius 3 is 2.08 bits per heavy atom. The van der Waals surface area contributed by atoms with Crippen molar-refractivity contribution < 1.29 is 4.79 Å². The number of nitrogens with two attached hydrogens (primary N) is 1. The molecule has 0 aromatic carbocycles. The first-order chi connectivity index (χ1) is 6.26. The minimum absolute atomic E-state index is 0.0966. The first-order valence-corrected chi connectivity index (χ1v) is 5.31. The van der Waals surface area contributed by atoms with E-state index in [1.54, 1.807) is 0 Å². The summed E-state index contributed by atoms with van der Waals surface area (Å²) in [7, 11) is 0. The van der Waals surface area contributed by atoms with Gasteiger partial charge in [0.05, 0.1) is 0 Å². The van der Waals surface area contributed by atoms with Crippen molar-refractivity contribution in [2.75, 3.05) is 13.1 Å². The van der Waals surface area contributed by atoms with E-state index in [0.29, 0.717) is 0 Å². The van der Waals surface area contributed by atoms with Crippen molar-refractivity contribution in [3.05, 3.63) is 0 Å². The molecule has 1 saturated heterocycles. The molecular weight excluding hydrogens is 164 g/mol. The fraction of sp³-hybridized carbons (Fsp3) is 0.900. The van der Waals surface area contributed by atoms with Gasteiger partial charge in [0.2, 0.25) is 5.91 Å². The summed E-state index contributed by atoms with van der Waals surface area (Å²) >= 11 is 0. The van der Waals surface area contributed by atoms with Crippen LogP contribution in [0.4, 0.5) is 0 Å². The zero-order chi connectivity index (χ0) is 9.31. The second kappa shape index (κ2) is 3.29. The SMILES string of the molecule is NC(=O)C1(N2CCCCC2)CCC1. The number of hydrogen-bond acceptors (Lipinski definition) is 2. The van der Waals surface area contributed by atoms with Crippen LogP contribution in [0, 0.1) is 0 Å². The Hall–Kier alpha value is -0.570. The third-order valence-corrected chi connectivity index (χ3v) is 3.60. The molecule has 0 unspecified atom stereocenters. The lowest BCUT2D eigenvalue weighted by molar-refractivity contribution is -0.137. The van der Waals surface area contributed by atoms with E-state index < -0.39 is 0 Å². The van der Waals surface area contributed by atoms with Gasteiger partial charge in [0, 0.05) is 0 Å². The largest absolute Gasteiger partial charge is 0.368 e. The summed E-state index contributed by atoms with van der Waals surface area (Å²) in [6.07, 6.45) is 6.92. The van der Waals surface area contributed by atoms with Gasteiger partial charge in [0.25, 0.3) is 0 Å². The summed E-state index contributed by atoms with van der Waals surface area (Å²) in [5, 5.41) is 0. The van der Waals surface area contributed by atoms with E-state index in [4.69, 9.17) is 5.73 Å². The number of likely N-dealkylation sites (tertiary alicyclic amines) is 1. The minimum Gasteiger partial charge on any atom is -0.368 e. The number of primary amides is 1. The predicted octanol–water partition coefficient (Wildman–Crippen LogP) is 0.880. The van der Waals surface area contributed by atoms with E-state index >= 15 is 0 Å². The monoisotopic (exact) mass is 182 g/mol. The maximum absolute atomic E-state index is 11.4. The van der Waals surface area contributed by atoms with Crippen molar-refractivity contribution >= 4 is 5.91 Å². The number of amides is 1. The van der Waals surface area contributed by atoms with Gasteiger partial charge in [-0.2, -0.15) is 0 Å². The molecule has 3 heteroatoms. The van der Waals surface area contributed by atoms with Crippen LogP contribution < -0.4 is 5.73 Å². The van der Waals surface area contributed by atoms with Crippen LogP contribution in [0.25, 0.3) is 0 Å². The first-order valence-electron chi connectivity index (χ1n) is 5.31. The highest BCUT2D eigenvalue weighted by Crippen LogP contribution is 2.38. The topological polar surface area (TPSA) is 46.3 Å². The normalized spacial score (nSPS) is 28.0. The zero-order valence-electron chi connectivity index (χ0n) is 8.09. The van der Waals surface area contributed by atoms with Crippen molar-refractivity contribution in [2.24, 2.45) is 5.73 Å². The van der Waals surface area contributed by atoms with Crippen LogP contribution in [0.5, 0.6) is 0 Å². The lowest BCUT2D eigenvalue weighted by Crippen LogP contribution is -2.62. The van der Waals surface area contributed by atoms with Gasteiger partial charge < -0.3 is 5.73 Å². The third-order valence-electron chi connectivity index (χ3n) is 3.60. The maximum Gasteiger partial charge on any atom is 0.237 e. The van der Waals surface area contributed by atoms with Crippen molar-refractivity contribution in [2.45, 2.75) is 44.1 Å². The van der Waals surface area contributed by atoms with E-state index in [2.05, 4.69) is 4.90 Å². The highest BCUT2D eigenvalue weighted by molar-refractivity contribution is 5.85. The summed E-state index contributed by atoms with van der Waals surface area (Å²) in [4.78, 5) is 13.7. The maximum atomic E-state index is 11.4. The van der Waals surface area contributed by atoms with Crippen LogP contribution in [-0.2, 0) is 4.79 Å². The molecule has 2 fully saturated rings. The van der Waals surface area contributed by atoms with Crippen LogP contribution in [0.1, 0.15) is 38.5 Å². The lowest BCUT2D eigenvalue weighted by Gasteiger charge is -2.49. The van der Waals surface area contributed by atoms with Crippen LogP contribution in [0.2, 0.25) is 0 Å². The van der Waals surface area contributed by atoms with Gasteiger partial charge in [-0.3, -0.25) is 9.69 Å². The molecule has 0 aromatic rings. The number of carbonyl (C=O) groups excluding carboxylic acids is 1. The molecule has 1 saturated carbocycles. The molecule has 0 radical (unpaired) electrons. The second-order valence-corrected chi connectivity index (χ2v) is 4.30. The van der Waals surface area contributed by atoms with Crippen molar-refractivity contribution in [3.63, 3.8) is 0 Å². The molecule has 2 aliphatic rings. The quantitative estimate of drug-likeness (QED) is 0.689. The highest BCUT2D eigenvalue weighted by Gasteiger charge is 2.47. The van der Waals surface area contributed by atoms with Gasteiger partial charge in [0.15, 0.2) is 0 Å². The van der Waals surface area contributed by atoms with E-state index in [-0.39, 0.29) is 11.4 Å². The Labute approximate surface area is 79.3 Å². The average molecular weight is 182 g/mol. The van der Waals surface area contributed by atoms with Crippen molar-refractivity contribution in [3.8, 4) is 0 Å². The van der Waals surface area contributed by atoms with Gasteiger partial charge in [-0.1, -0.05) is 6.42 Å². The number of carbonyl (C=O) groups is 1. The smallest absolute Gasteiger partial charge is 0.237 e. The standard InChI is InChI=1S/C10H18N2O/c11-9(13)10(5-4-6-10)12-7-2-1-3-8-12/h1-8H2,(H2,11,13). The molecule has 1 aliphatic carbocycles. The van der Waals surface area contributed by atoms with Crippen molar-refractivity contribution in [1.29, 1.82) is 0 Å². The molecule has 2 N–H and O–H groups in total. The molecule has 74 valence electrons. The van der Waals surface area contributed by atoms with E-state index in [1.165, 1.54) is 25.7 Å². The van der Waals surface area contributed by atoms with E-state index in [0.717, 1.165) is 25.9 Å². The molecule has 1 heterocycles. The van der Waals surface area contributed by atoms with Gasteiger partial charge in [0.1, 0.15) is 5.54 Å². The Bertz CT molecular complexity index is 205. The number of nitrogens with zero attached hydrogens (tertiary/aromatic N) is 1. The molecule has 0 aromatic heterocycles. The van der Waals surface area contributed by atoms with E-state index in [1.807, 2.05) is 0 Å². The van der Waals surface area contributed by atoms with Gasteiger partial charge in [-0.25, -0.2) is 0 Å². The highest BCUT2D eigenvalue weighted by atomic mass is 16.1. The Balaban J connectivity index is 2.06. The average Bonchev–Trinajstić information content (AvgIpc) is 2.03. The summed E-state index contributed by atoms with van der Waals surface area (Å²) in [5.74, 6) is -0.0966. The zero-order valence-corrected chi connectivity index (χ0v) is 8.09. The van der Waals surface area contributed by atoms with Crippen LogP contribution in [0.15, 0.2) is 0 Å². The summed E-state index contributed by atoms with van der Waals surface area (Å²) in [5.41, 5.74) is 5.25. The first kappa shape index (κ1) is 9.00. The molecule has 0 spiro atoms. The van der Waals surface area contributed by atoms with Crippen LogP contribution in [0.3, 0.4) is 0 Å². The predicted molar refractivity (Wildman–Crippen MR) is 51.2 cm³/mol. The third kappa shape index (κ3) is 1.35. The summed E-state index contributed by atoms with van der Waals surface area (Å²) < 4.78 is 0. The second-order valence-electron chi connectivity index (χ2n) is 4.30. The number of rotatable bonds is 2. The molecule has 3 nitrogen and oxygen atoms in total. The van der Waals surface area contributed by atoms with Gasteiger partial charge in [-0.15, -0.1) is 0 Å². The Morgan fingerprint density at radius 2 is 1.69 bits per heavy atom. The lowest BCUT2D eigenvalue weighted by atomic mass is 9.74. The fourth-order valence-electron chi connectivity index (χ4n) is 2.55. The molecule has 13 heavy (non-hydrogen) atoms. The van der Waals surface area contributed by atoms with Crippen molar-refractivity contribution in [1.82, 2.24) is 4.90 Å². The number of piperidine rings is 1. The van der Waals surface area contributed by atoms with Crippen LogP contribution >= 0.6 is 0 Å². The molecule has 0 bridgehead atoms. The Kier molecular flexibility index (Phi) is 2.28. The van der Waals surface area contributed by atoms with Gasteiger partial charge in [-0.05, 0) is 45.2 Å². The van der Waals surface area contributed by atoms with Gasteiger partial charge >= 0.3 is 0 Å². The molecule has 1 amide bonds. The fourth-order valence-corrected chi connectivity index (χ4v) is 2.55. The molecular formula is C10H18N2O. The summed E-state index contributed by atoms with van der Waals surface area (Å²) in [6, 6.07) is 0. The van der Waals surface area contributed by atoms with Crippen LogP contribution in [-0.4, -0.2) is 29.4 Å². The molecule has 1 aliphatic heterocycles. The van der Waals surface area contributed by atoms with E-state index in [9.17, 15) is 4.79 Å². The molecule has 2 rings (SSSR count). The number of hydrogen-bond donors (Lipinski definition) is 1. The molecule has 0 atom stereocenters. The Morgan fingerprint density at radius 1 is 1.08 bits per heavy atom. The minimum atomic E-state index is -0.236. The summed E-state index contributed by atoms with van der Waals surface area (Å²) in [6.45, 7) is 2.14.